The number of nitrogen functional groups attached to an aromatic ring is 1. The average Bonchev–Trinajstić information content (AvgIpc) is 3.10. The van der Waals surface area contributed by atoms with E-state index >= 15 is 0 Å². The molecule has 3 aromatic carbocycles. The summed E-state index contributed by atoms with van der Waals surface area (Å²) in [6.07, 6.45) is 0. The topological polar surface area (TPSA) is 123 Å². The Morgan fingerprint density at radius 2 is 1.70 bits per heavy atom. The third-order valence-corrected chi connectivity index (χ3v) is 5.20. The van der Waals surface area contributed by atoms with E-state index in [1.807, 2.05) is 6.07 Å². The molecule has 1 heterocycles. The number of fused-ring (bicyclic) bond motifs is 1. The van der Waals surface area contributed by atoms with Gasteiger partial charge in [-0.15, -0.1) is 0 Å². The highest BCUT2D eigenvalue weighted by Gasteiger charge is 2.19. The van der Waals surface area contributed by atoms with Crippen LogP contribution in [0.2, 0.25) is 0 Å². The summed E-state index contributed by atoms with van der Waals surface area (Å²) < 4.78 is 13.5. The number of rotatable bonds is 5. The van der Waals surface area contributed by atoms with E-state index in [9.17, 15) is 14.0 Å². The van der Waals surface area contributed by atoms with E-state index in [1.54, 1.807) is 42.5 Å². The van der Waals surface area contributed by atoms with Crippen LogP contribution in [0.1, 0.15) is 20.8 Å². The molecule has 0 radical (unpaired) electrons. The van der Waals surface area contributed by atoms with Gasteiger partial charge in [0.1, 0.15) is 10.8 Å². The van der Waals surface area contributed by atoms with E-state index in [0.717, 1.165) is 16.7 Å². The van der Waals surface area contributed by atoms with Gasteiger partial charge in [0.2, 0.25) is 0 Å². The molecular formula is C21H16FN5O2S. The van der Waals surface area contributed by atoms with Gasteiger partial charge < -0.3 is 22.1 Å². The highest BCUT2D eigenvalue weighted by Crippen LogP contribution is 2.32. The van der Waals surface area contributed by atoms with Gasteiger partial charge in [-0.05, 0) is 59.3 Å². The van der Waals surface area contributed by atoms with Crippen molar-refractivity contribution in [2.75, 3.05) is 16.4 Å². The Balaban J connectivity index is 1.60. The lowest BCUT2D eigenvalue weighted by Gasteiger charge is -2.05. The first-order valence-electron chi connectivity index (χ1n) is 8.83. The maximum absolute atomic E-state index is 13.5. The number of nitrogens with zero attached hydrogens (tertiary/aromatic N) is 1. The fraction of sp³-hybridized carbons (Fsp3) is 0. The lowest BCUT2D eigenvalue weighted by Crippen LogP contribution is -2.17. The summed E-state index contributed by atoms with van der Waals surface area (Å²) in [4.78, 5) is 28.4. The summed E-state index contributed by atoms with van der Waals surface area (Å²) in [5.74, 6) is -1.53. The number of hydrogen-bond acceptors (Lipinski definition) is 6. The first-order chi connectivity index (χ1) is 14.4. The van der Waals surface area contributed by atoms with Gasteiger partial charge in [-0.2, -0.15) is 0 Å². The molecule has 0 aliphatic heterocycles. The quantitative estimate of drug-likeness (QED) is 0.361. The zero-order valence-electron chi connectivity index (χ0n) is 15.5. The van der Waals surface area contributed by atoms with Gasteiger partial charge in [0.15, 0.2) is 10.8 Å². The van der Waals surface area contributed by atoms with E-state index < -0.39 is 11.8 Å². The van der Waals surface area contributed by atoms with E-state index in [0.29, 0.717) is 27.5 Å². The van der Waals surface area contributed by atoms with Crippen LogP contribution < -0.4 is 22.1 Å². The third-order valence-electron chi connectivity index (χ3n) is 4.31. The number of carbonyl (C=O) groups excluding carboxylic acids is 2. The summed E-state index contributed by atoms with van der Waals surface area (Å²) in [5.41, 5.74) is 12.5. The molecule has 9 heteroatoms. The molecule has 0 saturated heterocycles. The molecule has 150 valence electrons. The van der Waals surface area contributed by atoms with Crippen molar-refractivity contribution in [2.24, 2.45) is 5.73 Å². The molecule has 0 spiro atoms. The Kier molecular flexibility index (Phi) is 5.03. The monoisotopic (exact) mass is 421 g/mol. The van der Waals surface area contributed by atoms with Gasteiger partial charge in [0.05, 0.1) is 0 Å². The standard InChI is InChI=1S/C21H16FN5O2S/c22-14-5-1-11-4-8-16(10-13(11)9-14)25-21-26-17(18(24)28)20(30-21)27-19(29)12-2-6-15(23)7-3-12/h1-10H,23H2,(H2,24,28)(H,25,26)(H,27,29). The van der Waals surface area contributed by atoms with Crippen molar-refractivity contribution in [3.8, 4) is 0 Å². The predicted octanol–water partition coefficient (Wildman–Crippen LogP) is 4.11. The van der Waals surface area contributed by atoms with Crippen LogP contribution in [-0.4, -0.2) is 16.8 Å². The Morgan fingerprint density at radius 3 is 2.43 bits per heavy atom. The van der Waals surface area contributed by atoms with Gasteiger partial charge in [0, 0.05) is 16.9 Å². The number of thiazole rings is 1. The van der Waals surface area contributed by atoms with Crippen LogP contribution in [0, 0.1) is 5.82 Å². The van der Waals surface area contributed by atoms with E-state index in [4.69, 9.17) is 11.5 Å². The van der Waals surface area contributed by atoms with Gasteiger partial charge in [-0.25, -0.2) is 9.37 Å². The molecule has 0 aliphatic carbocycles. The molecule has 6 N–H and O–H groups in total. The fourth-order valence-electron chi connectivity index (χ4n) is 2.85. The molecule has 0 atom stereocenters. The van der Waals surface area contributed by atoms with Crippen LogP contribution in [0.25, 0.3) is 10.8 Å². The van der Waals surface area contributed by atoms with Crippen molar-refractivity contribution >= 4 is 55.4 Å². The first-order valence-corrected chi connectivity index (χ1v) is 9.64. The molecule has 0 bridgehead atoms. The number of nitrogens with one attached hydrogen (secondary N) is 2. The highest BCUT2D eigenvalue weighted by molar-refractivity contribution is 7.20. The number of primary amides is 1. The number of hydrogen-bond donors (Lipinski definition) is 4. The van der Waals surface area contributed by atoms with E-state index in [1.165, 1.54) is 12.1 Å². The Hall–Kier alpha value is -3.98. The molecule has 4 aromatic rings. The number of nitrogens with two attached hydrogens (primary N) is 2. The Bertz CT molecular complexity index is 1270. The minimum atomic E-state index is -0.771. The van der Waals surface area contributed by atoms with Gasteiger partial charge in [0.25, 0.3) is 11.8 Å². The van der Waals surface area contributed by atoms with Crippen LogP contribution in [0.5, 0.6) is 0 Å². The Morgan fingerprint density at radius 1 is 0.967 bits per heavy atom. The number of amides is 2. The summed E-state index contributed by atoms with van der Waals surface area (Å²) in [5, 5.41) is 7.89. The Labute approximate surface area is 174 Å². The number of carbonyl (C=O) groups is 2. The second-order valence-corrected chi connectivity index (χ2v) is 7.47. The lowest BCUT2D eigenvalue weighted by atomic mass is 10.1. The summed E-state index contributed by atoms with van der Waals surface area (Å²) in [6.45, 7) is 0. The molecule has 1 aromatic heterocycles. The van der Waals surface area contributed by atoms with Crippen molar-refractivity contribution in [1.82, 2.24) is 4.98 Å². The largest absolute Gasteiger partial charge is 0.399 e. The maximum atomic E-state index is 13.5. The molecule has 30 heavy (non-hydrogen) atoms. The normalized spacial score (nSPS) is 10.7. The van der Waals surface area contributed by atoms with Crippen LogP contribution in [0.15, 0.2) is 60.7 Å². The molecule has 7 nitrogen and oxygen atoms in total. The summed E-state index contributed by atoms with van der Waals surface area (Å²) in [7, 11) is 0. The van der Waals surface area contributed by atoms with Crippen molar-refractivity contribution in [1.29, 1.82) is 0 Å². The minimum Gasteiger partial charge on any atom is -0.399 e. The SMILES string of the molecule is NC(=O)c1nc(Nc2ccc3ccc(F)cc3c2)sc1NC(=O)c1ccc(N)cc1. The van der Waals surface area contributed by atoms with Crippen LogP contribution in [0.4, 0.5) is 25.9 Å². The molecule has 0 saturated carbocycles. The maximum Gasteiger partial charge on any atom is 0.270 e. The number of benzene rings is 3. The van der Waals surface area contributed by atoms with Crippen molar-refractivity contribution < 1.29 is 14.0 Å². The molecule has 0 aliphatic rings. The van der Waals surface area contributed by atoms with Crippen molar-refractivity contribution in [2.45, 2.75) is 0 Å². The fourth-order valence-corrected chi connectivity index (χ4v) is 3.74. The van der Waals surface area contributed by atoms with Crippen molar-refractivity contribution in [3.05, 3.63) is 77.7 Å². The summed E-state index contributed by atoms with van der Waals surface area (Å²) >= 11 is 1.06. The molecular weight excluding hydrogens is 405 g/mol. The van der Waals surface area contributed by atoms with Gasteiger partial charge in [-0.3, -0.25) is 9.59 Å². The van der Waals surface area contributed by atoms with Crippen molar-refractivity contribution in [3.63, 3.8) is 0 Å². The molecule has 4 rings (SSSR count). The second-order valence-electron chi connectivity index (χ2n) is 6.47. The molecule has 0 unspecified atom stereocenters. The van der Waals surface area contributed by atoms with Gasteiger partial charge >= 0.3 is 0 Å². The van der Waals surface area contributed by atoms with Gasteiger partial charge in [-0.1, -0.05) is 23.5 Å². The number of anilines is 4. The second kappa shape index (κ2) is 7.80. The smallest absolute Gasteiger partial charge is 0.270 e. The van der Waals surface area contributed by atoms with E-state index in [2.05, 4.69) is 15.6 Å². The molecule has 2 amide bonds. The van der Waals surface area contributed by atoms with E-state index in [-0.39, 0.29) is 16.5 Å². The lowest BCUT2D eigenvalue weighted by molar-refractivity contribution is 0.0997. The van der Waals surface area contributed by atoms with Crippen LogP contribution >= 0.6 is 11.3 Å². The predicted molar refractivity (Wildman–Crippen MR) is 117 cm³/mol. The van der Waals surface area contributed by atoms with Crippen LogP contribution in [0.3, 0.4) is 0 Å². The first kappa shape index (κ1) is 19.3. The number of halogens is 1. The third kappa shape index (κ3) is 4.06. The van der Waals surface area contributed by atoms with Crippen LogP contribution in [-0.2, 0) is 0 Å². The summed E-state index contributed by atoms with van der Waals surface area (Å²) in [6, 6.07) is 16.3. The average molecular weight is 421 g/mol. The minimum absolute atomic E-state index is 0.0573. The zero-order valence-corrected chi connectivity index (χ0v) is 16.3. The molecule has 0 fully saturated rings. The number of aromatic nitrogens is 1. The highest BCUT2D eigenvalue weighted by atomic mass is 32.1. The zero-order chi connectivity index (χ0) is 21.3.